The molecule has 0 atom stereocenters. The van der Waals surface area contributed by atoms with Gasteiger partial charge in [-0.2, -0.15) is 18.3 Å². The Bertz CT molecular complexity index is 665. The zero-order chi connectivity index (χ0) is 15.6. The highest BCUT2D eigenvalue weighted by molar-refractivity contribution is 5.90. The van der Waals surface area contributed by atoms with Crippen LogP contribution in [0.5, 0.6) is 5.75 Å². The Morgan fingerprint density at radius 1 is 1.38 bits per heavy atom. The van der Waals surface area contributed by atoms with Crippen LogP contribution in [-0.2, 0) is 12.7 Å². The van der Waals surface area contributed by atoms with E-state index in [1.165, 1.54) is 31.5 Å². The molecule has 5 nitrogen and oxygen atoms in total. The number of alkyl halides is 3. The van der Waals surface area contributed by atoms with Crippen molar-refractivity contribution in [2.75, 3.05) is 7.11 Å². The maximum Gasteiger partial charge on any atom is 0.435 e. The van der Waals surface area contributed by atoms with E-state index in [4.69, 9.17) is 9.84 Å². The number of aromatic carboxylic acids is 1. The SMILES string of the molecule is COc1cc(Cn2ccc(C(F)(F)F)n2)ccc1C(=O)O. The van der Waals surface area contributed by atoms with Crippen molar-refractivity contribution < 1.29 is 27.8 Å². The van der Waals surface area contributed by atoms with E-state index in [1.807, 2.05) is 0 Å². The van der Waals surface area contributed by atoms with Gasteiger partial charge in [-0.3, -0.25) is 4.68 Å². The van der Waals surface area contributed by atoms with Crippen molar-refractivity contribution in [2.45, 2.75) is 12.7 Å². The van der Waals surface area contributed by atoms with Crippen LogP contribution in [0.1, 0.15) is 21.6 Å². The molecule has 1 aromatic carbocycles. The number of carbonyl (C=O) groups is 1. The molecule has 0 saturated carbocycles. The maximum absolute atomic E-state index is 12.4. The molecule has 0 bridgehead atoms. The molecular weight excluding hydrogens is 289 g/mol. The molecule has 2 rings (SSSR count). The van der Waals surface area contributed by atoms with E-state index in [1.54, 1.807) is 0 Å². The summed E-state index contributed by atoms with van der Waals surface area (Å²) in [7, 11) is 1.32. The molecule has 0 aliphatic heterocycles. The number of rotatable bonds is 4. The lowest BCUT2D eigenvalue weighted by Gasteiger charge is -2.08. The minimum Gasteiger partial charge on any atom is -0.496 e. The highest BCUT2D eigenvalue weighted by Gasteiger charge is 2.33. The van der Waals surface area contributed by atoms with Crippen LogP contribution in [0.2, 0.25) is 0 Å². The van der Waals surface area contributed by atoms with Crippen molar-refractivity contribution in [3.05, 3.63) is 47.3 Å². The van der Waals surface area contributed by atoms with Crippen LogP contribution in [0.3, 0.4) is 0 Å². The molecule has 0 spiro atoms. The van der Waals surface area contributed by atoms with Gasteiger partial charge in [-0.1, -0.05) is 6.07 Å². The number of ether oxygens (including phenoxy) is 1. The van der Waals surface area contributed by atoms with E-state index < -0.39 is 17.8 Å². The van der Waals surface area contributed by atoms with Gasteiger partial charge in [0.15, 0.2) is 5.69 Å². The summed E-state index contributed by atoms with van der Waals surface area (Å²) in [5.74, 6) is -1.000. The van der Waals surface area contributed by atoms with Gasteiger partial charge in [-0.25, -0.2) is 4.79 Å². The quantitative estimate of drug-likeness (QED) is 0.943. The average Bonchev–Trinajstić information content (AvgIpc) is 2.86. The molecule has 1 heterocycles. The van der Waals surface area contributed by atoms with Gasteiger partial charge >= 0.3 is 12.1 Å². The van der Waals surface area contributed by atoms with Crippen molar-refractivity contribution in [3.8, 4) is 5.75 Å². The summed E-state index contributed by atoms with van der Waals surface area (Å²) in [5, 5.41) is 12.4. The lowest BCUT2D eigenvalue weighted by molar-refractivity contribution is -0.141. The molecule has 1 N–H and O–H groups in total. The number of carboxylic acid groups (broad SMARTS) is 1. The van der Waals surface area contributed by atoms with Gasteiger partial charge < -0.3 is 9.84 Å². The van der Waals surface area contributed by atoms with Crippen molar-refractivity contribution in [1.29, 1.82) is 0 Å². The molecule has 0 radical (unpaired) electrons. The fourth-order valence-corrected chi connectivity index (χ4v) is 1.80. The second-order valence-corrected chi connectivity index (χ2v) is 4.24. The fraction of sp³-hybridized carbons (Fsp3) is 0.231. The average molecular weight is 300 g/mol. The minimum atomic E-state index is -4.49. The number of aromatic nitrogens is 2. The number of nitrogens with zero attached hydrogens (tertiary/aromatic N) is 2. The summed E-state index contributed by atoms with van der Waals surface area (Å²) < 4.78 is 43.4. The summed E-state index contributed by atoms with van der Waals surface area (Å²) in [4.78, 5) is 10.9. The lowest BCUT2D eigenvalue weighted by atomic mass is 10.1. The molecule has 0 saturated heterocycles. The number of methoxy groups -OCH3 is 1. The van der Waals surface area contributed by atoms with Crippen molar-refractivity contribution in [3.63, 3.8) is 0 Å². The first kappa shape index (κ1) is 14.9. The first-order valence-electron chi connectivity index (χ1n) is 5.82. The Kier molecular flexibility index (Phi) is 3.88. The molecule has 0 unspecified atom stereocenters. The summed E-state index contributed by atoms with van der Waals surface area (Å²) in [6.45, 7) is 0.0757. The second kappa shape index (κ2) is 5.47. The van der Waals surface area contributed by atoms with Crippen LogP contribution < -0.4 is 4.74 Å². The summed E-state index contributed by atoms with van der Waals surface area (Å²) >= 11 is 0. The molecule has 112 valence electrons. The standard InChI is InChI=1S/C13H11F3N2O3/c1-21-10-6-8(2-3-9(10)12(19)20)7-18-5-4-11(17-18)13(14,15)16/h2-6H,7H2,1H3,(H,19,20). The van der Waals surface area contributed by atoms with E-state index in [0.717, 1.165) is 10.7 Å². The molecule has 0 aliphatic carbocycles. The van der Waals surface area contributed by atoms with Crippen LogP contribution in [0.4, 0.5) is 13.2 Å². The Morgan fingerprint density at radius 3 is 2.62 bits per heavy atom. The first-order valence-corrected chi connectivity index (χ1v) is 5.82. The van der Waals surface area contributed by atoms with E-state index in [2.05, 4.69) is 5.10 Å². The van der Waals surface area contributed by atoms with Crippen molar-refractivity contribution in [1.82, 2.24) is 9.78 Å². The molecule has 0 aliphatic rings. The highest BCUT2D eigenvalue weighted by Crippen LogP contribution is 2.27. The Morgan fingerprint density at radius 2 is 2.10 bits per heavy atom. The molecule has 8 heteroatoms. The smallest absolute Gasteiger partial charge is 0.435 e. The molecule has 2 aromatic rings. The van der Waals surface area contributed by atoms with Gasteiger partial charge in [0.1, 0.15) is 11.3 Å². The predicted octanol–water partition coefficient (Wildman–Crippen LogP) is 2.66. The topological polar surface area (TPSA) is 64.4 Å². The first-order chi connectivity index (χ1) is 9.81. The monoisotopic (exact) mass is 300 g/mol. The number of hydrogen-bond donors (Lipinski definition) is 1. The van der Waals surface area contributed by atoms with E-state index >= 15 is 0 Å². The third-order valence-electron chi connectivity index (χ3n) is 2.77. The number of halogens is 3. The third-order valence-corrected chi connectivity index (χ3v) is 2.77. The minimum absolute atomic E-state index is 0.0160. The van der Waals surface area contributed by atoms with Gasteiger partial charge in [0.05, 0.1) is 13.7 Å². The predicted molar refractivity (Wildman–Crippen MR) is 66.3 cm³/mol. The number of carboxylic acids is 1. The summed E-state index contributed by atoms with van der Waals surface area (Å²) in [6, 6.07) is 5.17. The van der Waals surface area contributed by atoms with Gasteiger partial charge in [-0.05, 0) is 23.8 Å². The fourth-order valence-electron chi connectivity index (χ4n) is 1.80. The largest absolute Gasteiger partial charge is 0.496 e. The lowest BCUT2D eigenvalue weighted by Crippen LogP contribution is -2.09. The van der Waals surface area contributed by atoms with Crippen molar-refractivity contribution >= 4 is 5.97 Å². The highest BCUT2D eigenvalue weighted by atomic mass is 19.4. The van der Waals surface area contributed by atoms with Gasteiger partial charge in [0.25, 0.3) is 0 Å². The van der Waals surface area contributed by atoms with Crippen LogP contribution in [0, 0.1) is 0 Å². The van der Waals surface area contributed by atoms with Gasteiger partial charge in [0, 0.05) is 6.20 Å². The van der Waals surface area contributed by atoms with E-state index in [-0.39, 0.29) is 17.9 Å². The molecule has 0 amide bonds. The Hall–Kier alpha value is -2.51. The third kappa shape index (κ3) is 3.33. The Labute approximate surface area is 117 Å². The van der Waals surface area contributed by atoms with Crippen LogP contribution in [0.15, 0.2) is 30.5 Å². The normalized spacial score (nSPS) is 11.4. The molecule has 0 fully saturated rings. The molecule has 21 heavy (non-hydrogen) atoms. The van der Waals surface area contributed by atoms with Crippen LogP contribution >= 0.6 is 0 Å². The maximum atomic E-state index is 12.4. The number of benzene rings is 1. The molecule has 1 aromatic heterocycles. The second-order valence-electron chi connectivity index (χ2n) is 4.24. The zero-order valence-electron chi connectivity index (χ0n) is 10.9. The molecular formula is C13H11F3N2O3. The number of hydrogen-bond acceptors (Lipinski definition) is 3. The van der Waals surface area contributed by atoms with Crippen LogP contribution in [0.25, 0.3) is 0 Å². The summed E-state index contributed by atoms with van der Waals surface area (Å²) in [5.41, 5.74) is -0.414. The van der Waals surface area contributed by atoms with Crippen molar-refractivity contribution in [2.24, 2.45) is 0 Å². The summed E-state index contributed by atoms with van der Waals surface area (Å²) in [6.07, 6.45) is -3.28. The van der Waals surface area contributed by atoms with Gasteiger partial charge in [0.2, 0.25) is 0 Å². The van der Waals surface area contributed by atoms with Crippen LogP contribution in [-0.4, -0.2) is 28.0 Å². The van der Waals surface area contributed by atoms with E-state index in [9.17, 15) is 18.0 Å². The zero-order valence-corrected chi connectivity index (χ0v) is 10.9. The Balaban J connectivity index is 2.24. The van der Waals surface area contributed by atoms with Gasteiger partial charge in [-0.15, -0.1) is 0 Å². The van der Waals surface area contributed by atoms with E-state index in [0.29, 0.717) is 5.56 Å².